The molecule has 2 aliphatic rings. The number of aryl methyl sites for hydroxylation is 1. The number of aliphatic hydroxyl groups is 1. The number of carbonyl (C=O) groups is 1. The first-order valence-electron chi connectivity index (χ1n) is 6.72. The second-order valence-corrected chi connectivity index (χ2v) is 5.45. The van der Waals surface area contributed by atoms with Gasteiger partial charge in [-0.1, -0.05) is 0 Å². The molecule has 0 radical (unpaired) electrons. The van der Waals surface area contributed by atoms with Crippen molar-refractivity contribution in [3.63, 3.8) is 0 Å². The van der Waals surface area contributed by atoms with Gasteiger partial charge in [0.05, 0.1) is 12.4 Å². The minimum atomic E-state index is -0.196. The molecule has 0 aromatic carbocycles. The highest BCUT2D eigenvalue weighted by atomic mass is 16.3. The summed E-state index contributed by atoms with van der Waals surface area (Å²) in [4.78, 5) is 14.0. The van der Waals surface area contributed by atoms with Gasteiger partial charge in [-0.25, -0.2) is 0 Å². The summed E-state index contributed by atoms with van der Waals surface area (Å²) in [5.41, 5.74) is 0. The number of fused-ring (bicyclic) bond motifs is 1. The lowest BCUT2D eigenvalue weighted by molar-refractivity contribution is -0.130. The van der Waals surface area contributed by atoms with E-state index in [1.807, 2.05) is 17.0 Å². The fraction of sp³-hybridized carbons (Fsp3) is 0.643. The number of carbonyl (C=O) groups excluding carboxylic acids is 1. The highest BCUT2D eigenvalue weighted by Crippen LogP contribution is 2.38. The van der Waals surface area contributed by atoms with Crippen molar-refractivity contribution in [3.05, 3.63) is 24.2 Å². The van der Waals surface area contributed by atoms with Crippen molar-refractivity contribution in [1.82, 2.24) is 4.90 Å². The SMILES string of the molecule is O=C(CCc1ccco1)N1CC2CCC(O)C2C1. The second-order valence-electron chi connectivity index (χ2n) is 5.45. The number of nitrogens with zero attached hydrogens (tertiary/aromatic N) is 1. The predicted molar refractivity (Wildman–Crippen MR) is 65.8 cm³/mol. The third-order valence-corrected chi connectivity index (χ3v) is 4.34. The second kappa shape index (κ2) is 4.76. The first kappa shape index (κ1) is 11.8. The number of rotatable bonds is 3. The van der Waals surface area contributed by atoms with Crippen molar-refractivity contribution < 1.29 is 14.3 Å². The lowest BCUT2D eigenvalue weighted by Crippen LogP contribution is -2.31. The van der Waals surface area contributed by atoms with Crippen LogP contribution in [0.3, 0.4) is 0 Å². The summed E-state index contributed by atoms with van der Waals surface area (Å²) in [6.45, 7) is 1.57. The van der Waals surface area contributed by atoms with Crippen LogP contribution in [-0.4, -0.2) is 35.1 Å². The number of amides is 1. The molecular formula is C14H19NO3. The third-order valence-electron chi connectivity index (χ3n) is 4.34. The topological polar surface area (TPSA) is 53.7 Å². The Morgan fingerprint density at radius 2 is 2.33 bits per heavy atom. The summed E-state index contributed by atoms with van der Waals surface area (Å²) in [6, 6.07) is 3.74. The summed E-state index contributed by atoms with van der Waals surface area (Å²) in [6.07, 6.45) is 4.58. The Morgan fingerprint density at radius 1 is 1.44 bits per heavy atom. The van der Waals surface area contributed by atoms with Crippen molar-refractivity contribution in [2.75, 3.05) is 13.1 Å². The van der Waals surface area contributed by atoms with Crippen molar-refractivity contribution in [3.8, 4) is 0 Å². The molecule has 1 saturated carbocycles. The van der Waals surface area contributed by atoms with Gasteiger partial charge in [-0.05, 0) is 30.9 Å². The maximum Gasteiger partial charge on any atom is 0.223 e. The van der Waals surface area contributed by atoms with E-state index in [-0.39, 0.29) is 12.0 Å². The summed E-state index contributed by atoms with van der Waals surface area (Å²) in [7, 11) is 0. The average Bonchev–Trinajstić information content (AvgIpc) is 3.05. The Hall–Kier alpha value is -1.29. The largest absolute Gasteiger partial charge is 0.469 e. The zero-order valence-electron chi connectivity index (χ0n) is 10.4. The molecule has 18 heavy (non-hydrogen) atoms. The first-order chi connectivity index (χ1) is 8.74. The van der Waals surface area contributed by atoms with Gasteiger partial charge in [-0.2, -0.15) is 0 Å². The van der Waals surface area contributed by atoms with Crippen LogP contribution >= 0.6 is 0 Å². The molecule has 1 aliphatic heterocycles. The fourth-order valence-corrected chi connectivity index (χ4v) is 3.28. The van der Waals surface area contributed by atoms with E-state index >= 15 is 0 Å². The summed E-state index contributed by atoms with van der Waals surface area (Å²) >= 11 is 0. The molecule has 0 bridgehead atoms. The van der Waals surface area contributed by atoms with Crippen LogP contribution in [-0.2, 0) is 11.2 Å². The molecule has 0 spiro atoms. The molecule has 3 unspecified atom stereocenters. The number of hydrogen-bond donors (Lipinski definition) is 1. The van der Waals surface area contributed by atoms with E-state index in [2.05, 4.69) is 0 Å². The van der Waals surface area contributed by atoms with E-state index in [9.17, 15) is 9.90 Å². The van der Waals surface area contributed by atoms with Crippen molar-refractivity contribution in [1.29, 1.82) is 0 Å². The van der Waals surface area contributed by atoms with E-state index in [0.717, 1.165) is 31.7 Å². The lowest BCUT2D eigenvalue weighted by Gasteiger charge is -2.18. The van der Waals surface area contributed by atoms with Gasteiger partial charge in [0.25, 0.3) is 0 Å². The minimum absolute atomic E-state index is 0.188. The molecule has 98 valence electrons. The standard InChI is InChI=1S/C14H19NO3/c16-13-5-3-10-8-15(9-12(10)13)14(17)6-4-11-2-1-7-18-11/h1-2,7,10,12-13,16H,3-6,8-9H2. The van der Waals surface area contributed by atoms with Gasteiger partial charge in [0.2, 0.25) is 5.91 Å². The number of furan rings is 1. The fourth-order valence-electron chi connectivity index (χ4n) is 3.28. The zero-order valence-corrected chi connectivity index (χ0v) is 10.4. The molecule has 3 atom stereocenters. The Kier molecular flexibility index (Phi) is 3.12. The van der Waals surface area contributed by atoms with Crippen LogP contribution in [0.2, 0.25) is 0 Å². The molecule has 2 fully saturated rings. The average molecular weight is 249 g/mol. The number of hydrogen-bond acceptors (Lipinski definition) is 3. The Balaban J connectivity index is 1.52. The summed E-state index contributed by atoms with van der Waals surface area (Å²) < 4.78 is 5.23. The Labute approximate surface area is 107 Å². The molecular weight excluding hydrogens is 230 g/mol. The quantitative estimate of drug-likeness (QED) is 0.882. The van der Waals surface area contributed by atoms with Gasteiger partial charge in [0.15, 0.2) is 0 Å². The van der Waals surface area contributed by atoms with E-state index < -0.39 is 0 Å². The van der Waals surface area contributed by atoms with Gasteiger partial charge >= 0.3 is 0 Å². The maximum atomic E-state index is 12.1. The molecule has 1 aliphatic carbocycles. The van der Waals surface area contributed by atoms with E-state index in [4.69, 9.17) is 4.42 Å². The van der Waals surface area contributed by atoms with Crippen molar-refractivity contribution in [2.24, 2.45) is 11.8 Å². The molecule has 2 heterocycles. The normalized spacial score (nSPS) is 30.7. The monoisotopic (exact) mass is 249 g/mol. The van der Waals surface area contributed by atoms with Gasteiger partial charge < -0.3 is 14.4 Å². The van der Waals surface area contributed by atoms with Crippen LogP contribution in [0.1, 0.15) is 25.0 Å². The molecule has 1 N–H and O–H groups in total. The van der Waals surface area contributed by atoms with E-state index in [0.29, 0.717) is 24.7 Å². The highest BCUT2D eigenvalue weighted by molar-refractivity contribution is 5.76. The Morgan fingerprint density at radius 3 is 3.06 bits per heavy atom. The molecule has 3 rings (SSSR count). The Bertz CT molecular complexity index is 415. The summed E-state index contributed by atoms with van der Waals surface area (Å²) in [5.74, 6) is 1.89. The van der Waals surface area contributed by atoms with Crippen LogP contribution < -0.4 is 0 Å². The minimum Gasteiger partial charge on any atom is -0.469 e. The predicted octanol–water partition coefficient (Wildman–Crippen LogP) is 1.44. The summed E-state index contributed by atoms with van der Waals surface area (Å²) in [5, 5.41) is 9.83. The number of aliphatic hydroxyl groups excluding tert-OH is 1. The molecule has 1 saturated heterocycles. The molecule has 4 nitrogen and oxygen atoms in total. The first-order valence-corrected chi connectivity index (χ1v) is 6.72. The third kappa shape index (κ3) is 2.17. The van der Waals surface area contributed by atoms with Crippen LogP contribution in [0.15, 0.2) is 22.8 Å². The van der Waals surface area contributed by atoms with Gasteiger partial charge in [0, 0.05) is 31.8 Å². The number of likely N-dealkylation sites (tertiary alicyclic amines) is 1. The highest BCUT2D eigenvalue weighted by Gasteiger charge is 2.42. The van der Waals surface area contributed by atoms with E-state index in [1.165, 1.54) is 0 Å². The van der Waals surface area contributed by atoms with Gasteiger partial charge in [0.1, 0.15) is 5.76 Å². The van der Waals surface area contributed by atoms with Crippen LogP contribution in [0.5, 0.6) is 0 Å². The van der Waals surface area contributed by atoms with Crippen molar-refractivity contribution in [2.45, 2.75) is 31.8 Å². The van der Waals surface area contributed by atoms with Crippen molar-refractivity contribution >= 4 is 5.91 Å². The lowest BCUT2D eigenvalue weighted by atomic mass is 10.00. The van der Waals surface area contributed by atoms with Gasteiger partial charge in [-0.3, -0.25) is 4.79 Å². The molecule has 1 amide bonds. The van der Waals surface area contributed by atoms with E-state index in [1.54, 1.807) is 6.26 Å². The molecule has 1 aromatic heterocycles. The maximum absolute atomic E-state index is 12.1. The molecule has 1 aromatic rings. The van der Waals surface area contributed by atoms with Crippen LogP contribution in [0, 0.1) is 11.8 Å². The van der Waals surface area contributed by atoms with Crippen LogP contribution in [0.4, 0.5) is 0 Å². The molecule has 4 heteroatoms. The van der Waals surface area contributed by atoms with Gasteiger partial charge in [-0.15, -0.1) is 0 Å². The van der Waals surface area contributed by atoms with Crippen LogP contribution in [0.25, 0.3) is 0 Å². The smallest absolute Gasteiger partial charge is 0.223 e. The zero-order chi connectivity index (χ0) is 12.5.